The van der Waals surface area contributed by atoms with Crippen LogP contribution in [0.15, 0.2) is 36.4 Å². The summed E-state index contributed by atoms with van der Waals surface area (Å²) >= 11 is 3.89. The standard InChI is InChI=1S/C11H12FIO2.C7H4FIO2/c1-11(2,3)15-10(14)8-5-4-7(13)6-9(8)12;8-6-3-4(9)1-2-5(6)7(10)11/h4-6H,1-3H3;1-3H,(H,10,11). The second-order valence-corrected chi connectivity index (χ2v) is 8.55. The summed E-state index contributed by atoms with van der Waals surface area (Å²) in [7, 11) is 0. The van der Waals surface area contributed by atoms with Gasteiger partial charge in [0.15, 0.2) is 0 Å². The molecule has 0 aliphatic carbocycles. The van der Waals surface area contributed by atoms with Gasteiger partial charge in [0.25, 0.3) is 0 Å². The number of hydrogen-bond acceptors (Lipinski definition) is 3. The Hall–Kier alpha value is -1.30. The molecule has 26 heavy (non-hydrogen) atoms. The molecule has 140 valence electrons. The van der Waals surface area contributed by atoms with Gasteiger partial charge in [-0.1, -0.05) is 0 Å². The molecule has 0 radical (unpaired) electrons. The molecule has 2 aromatic carbocycles. The maximum Gasteiger partial charge on any atom is 0.341 e. The van der Waals surface area contributed by atoms with Crippen LogP contribution in [0.3, 0.4) is 0 Å². The molecule has 0 saturated carbocycles. The van der Waals surface area contributed by atoms with Crippen LogP contribution in [0, 0.1) is 18.8 Å². The second-order valence-electron chi connectivity index (χ2n) is 6.06. The first-order valence-corrected chi connectivity index (χ1v) is 9.43. The number of esters is 1. The normalized spacial score (nSPS) is 10.6. The van der Waals surface area contributed by atoms with E-state index < -0.39 is 29.2 Å². The highest BCUT2D eigenvalue weighted by atomic mass is 127. The molecular weight excluding hydrogens is 572 g/mol. The number of halogens is 4. The zero-order valence-electron chi connectivity index (χ0n) is 14.1. The van der Waals surface area contributed by atoms with Gasteiger partial charge in [0.05, 0.1) is 11.1 Å². The summed E-state index contributed by atoms with van der Waals surface area (Å²) in [6, 6.07) is 8.39. The molecule has 0 heterocycles. The monoisotopic (exact) mass is 588 g/mol. The van der Waals surface area contributed by atoms with Gasteiger partial charge in [-0.25, -0.2) is 18.4 Å². The summed E-state index contributed by atoms with van der Waals surface area (Å²) in [5.41, 5.74) is -0.914. The van der Waals surface area contributed by atoms with E-state index in [0.29, 0.717) is 3.57 Å². The van der Waals surface area contributed by atoms with E-state index in [4.69, 9.17) is 9.84 Å². The number of ether oxygens (including phenoxy) is 1. The van der Waals surface area contributed by atoms with Crippen molar-refractivity contribution in [2.45, 2.75) is 26.4 Å². The van der Waals surface area contributed by atoms with E-state index in [1.54, 1.807) is 32.9 Å². The van der Waals surface area contributed by atoms with Crippen LogP contribution < -0.4 is 0 Å². The molecule has 0 fully saturated rings. The van der Waals surface area contributed by atoms with Crippen LogP contribution >= 0.6 is 45.2 Å². The number of carbonyl (C=O) groups excluding carboxylic acids is 1. The van der Waals surface area contributed by atoms with Crippen LogP contribution in [-0.2, 0) is 4.74 Å². The summed E-state index contributed by atoms with van der Waals surface area (Å²) in [6.07, 6.45) is 0. The minimum Gasteiger partial charge on any atom is -0.478 e. The molecule has 1 N–H and O–H groups in total. The molecule has 0 bridgehead atoms. The van der Waals surface area contributed by atoms with Crippen molar-refractivity contribution in [1.82, 2.24) is 0 Å². The van der Waals surface area contributed by atoms with Crippen LogP contribution in [0.5, 0.6) is 0 Å². The topological polar surface area (TPSA) is 63.6 Å². The van der Waals surface area contributed by atoms with Gasteiger partial charge >= 0.3 is 11.9 Å². The van der Waals surface area contributed by atoms with Gasteiger partial charge in [-0.15, -0.1) is 0 Å². The lowest BCUT2D eigenvalue weighted by Gasteiger charge is -2.19. The molecule has 0 aromatic heterocycles. The highest BCUT2D eigenvalue weighted by molar-refractivity contribution is 14.1. The minimum atomic E-state index is -1.24. The van der Waals surface area contributed by atoms with Crippen LogP contribution in [0.2, 0.25) is 0 Å². The number of carboxylic acids is 1. The van der Waals surface area contributed by atoms with Crippen molar-refractivity contribution in [1.29, 1.82) is 0 Å². The van der Waals surface area contributed by atoms with Crippen molar-refractivity contribution in [2.75, 3.05) is 0 Å². The number of aromatic carboxylic acids is 1. The molecule has 0 aliphatic rings. The summed E-state index contributed by atoms with van der Waals surface area (Å²) in [6.45, 7) is 5.24. The average molecular weight is 588 g/mol. The van der Waals surface area contributed by atoms with E-state index in [2.05, 4.69) is 0 Å². The number of carbonyl (C=O) groups is 2. The SMILES string of the molecule is CC(C)(C)OC(=O)c1ccc(I)cc1F.O=C(O)c1ccc(I)cc1F. The molecule has 8 heteroatoms. The predicted molar refractivity (Wildman–Crippen MR) is 110 cm³/mol. The summed E-state index contributed by atoms with van der Waals surface area (Å²) in [4.78, 5) is 21.8. The fourth-order valence-corrected chi connectivity index (χ4v) is 2.56. The van der Waals surface area contributed by atoms with E-state index in [0.717, 1.165) is 3.57 Å². The molecule has 0 unspecified atom stereocenters. The van der Waals surface area contributed by atoms with Crippen molar-refractivity contribution in [2.24, 2.45) is 0 Å². The van der Waals surface area contributed by atoms with E-state index in [1.165, 1.54) is 24.3 Å². The maximum absolute atomic E-state index is 13.4. The second kappa shape index (κ2) is 9.58. The maximum atomic E-state index is 13.4. The zero-order valence-corrected chi connectivity index (χ0v) is 18.5. The molecular formula is C18H16F2I2O4. The van der Waals surface area contributed by atoms with Crippen LogP contribution in [0.1, 0.15) is 41.5 Å². The average Bonchev–Trinajstić information content (AvgIpc) is 2.45. The van der Waals surface area contributed by atoms with Crippen molar-refractivity contribution in [3.63, 3.8) is 0 Å². The van der Waals surface area contributed by atoms with Crippen LogP contribution in [0.4, 0.5) is 8.78 Å². The minimum absolute atomic E-state index is 0.0228. The van der Waals surface area contributed by atoms with Crippen molar-refractivity contribution < 1.29 is 28.2 Å². The molecule has 4 nitrogen and oxygen atoms in total. The zero-order chi connectivity index (χ0) is 20.1. The first-order valence-electron chi connectivity index (χ1n) is 7.27. The van der Waals surface area contributed by atoms with E-state index >= 15 is 0 Å². The Balaban J connectivity index is 0.000000273. The fraction of sp³-hybridized carbons (Fsp3) is 0.222. The van der Waals surface area contributed by atoms with E-state index in [-0.39, 0.29) is 11.1 Å². The van der Waals surface area contributed by atoms with Gasteiger partial charge in [0, 0.05) is 7.14 Å². The van der Waals surface area contributed by atoms with Crippen LogP contribution in [-0.4, -0.2) is 22.6 Å². The van der Waals surface area contributed by atoms with E-state index in [1.807, 2.05) is 45.2 Å². The molecule has 2 rings (SSSR count). The molecule has 0 atom stereocenters. The largest absolute Gasteiger partial charge is 0.478 e. The van der Waals surface area contributed by atoms with Crippen molar-refractivity contribution >= 4 is 57.1 Å². The Morgan fingerprint density at radius 3 is 1.69 bits per heavy atom. The van der Waals surface area contributed by atoms with Crippen molar-refractivity contribution in [3.8, 4) is 0 Å². The quantitative estimate of drug-likeness (QED) is 0.372. The highest BCUT2D eigenvalue weighted by Gasteiger charge is 2.20. The summed E-state index contributed by atoms with van der Waals surface area (Å²) < 4.78 is 32.6. The summed E-state index contributed by atoms with van der Waals surface area (Å²) in [5, 5.41) is 8.41. The van der Waals surface area contributed by atoms with Gasteiger partial charge in [0.2, 0.25) is 0 Å². The Morgan fingerprint density at radius 2 is 1.35 bits per heavy atom. The first-order chi connectivity index (χ1) is 11.9. The molecule has 2 aromatic rings. The Morgan fingerprint density at radius 1 is 0.923 bits per heavy atom. The lowest BCUT2D eigenvalue weighted by Crippen LogP contribution is -2.24. The fourth-order valence-electron chi connectivity index (χ4n) is 1.65. The molecule has 0 saturated heterocycles. The summed E-state index contributed by atoms with van der Waals surface area (Å²) in [5.74, 6) is -3.10. The third kappa shape index (κ3) is 7.52. The Kier molecular flexibility index (Phi) is 8.38. The third-order valence-corrected chi connectivity index (χ3v) is 4.05. The molecule has 0 spiro atoms. The number of carboxylic acid groups (broad SMARTS) is 1. The Labute approximate surface area is 177 Å². The van der Waals surface area contributed by atoms with Crippen molar-refractivity contribution in [3.05, 3.63) is 66.3 Å². The predicted octanol–water partition coefficient (Wildman–Crippen LogP) is 5.51. The van der Waals surface area contributed by atoms with Gasteiger partial charge in [0.1, 0.15) is 17.2 Å². The van der Waals surface area contributed by atoms with Gasteiger partial charge in [-0.2, -0.15) is 0 Å². The van der Waals surface area contributed by atoms with Crippen LogP contribution in [0.25, 0.3) is 0 Å². The molecule has 0 aliphatic heterocycles. The smallest absolute Gasteiger partial charge is 0.341 e. The third-order valence-electron chi connectivity index (χ3n) is 2.71. The van der Waals surface area contributed by atoms with E-state index in [9.17, 15) is 18.4 Å². The number of benzene rings is 2. The Bertz CT molecular complexity index is 817. The van der Waals surface area contributed by atoms with Gasteiger partial charge in [-0.05, 0) is 102 Å². The first kappa shape index (κ1) is 22.7. The number of hydrogen-bond donors (Lipinski definition) is 1. The molecule has 0 amide bonds. The van der Waals surface area contributed by atoms with Gasteiger partial charge in [-0.3, -0.25) is 0 Å². The highest BCUT2D eigenvalue weighted by Crippen LogP contribution is 2.17. The lowest BCUT2D eigenvalue weighted by molar-refractivity contribution is 0.00644. The van der Waals surface area contributed by atoms with Gasteiger partial charge < -0.3 is 9.84 Å². The number of rotatable bonds is 2. The lowest BCUT2D eigenvalue weighted by atomic mass is 10.1.